The molecule has 3 saturated heterocycles. The lowest BCUT2D eigenvalue weighted by molar-refractivity contribution is -0.260. The molecule has 50 heavy (non-hydrogen) atoms. The Morgan fingerprint density at radius 3 is 2.46 bits per heavy atom. The zero-order valence-electron chi connectivity index (χ0n) is 32.2. The summed E-state index contributed by atoms with van der Waals surface area (Å²) in [6, 6.07) is -0.446. The molecule has 3 aliphatic rings. The van der Waals surface area contributed by atoms with Gasteiger partial charge in [0.05, 0.1) is 18.2 Å². The molecule has 0 spiro atoms. The topological polar surface area (TPSA) is 155 Å². The van der Waals surface area contributed by atoms with E-state index in [0.717, 1.165) is 12.8 Å². The molecule has 0 saturated carbocycles. The number of amides is 1. The van der Waals surface area contributed by atoms with E-state index in [-0.39, 0.29) is 41.7 Å². The first-order valence-corrected chi connectivity index (χ1v) is 18.7. The normalized spacial score (nSPS) is 39.1. The minimum absolute atomic E-state index is 0.0141. The highest BCUT2D eigenvalue weighted by Crippen LogP contribution is 2.40. The lowest BCUT2D eigenvalue weighted by atomic mass is 9.79. The third-order valence-electron chi connectivity index (χ3n) is 11.3. The number of unbranched alkanes of at least 4 members (excludes halogenated alkanes) is 1. The van der Waals surface area contributed by atoms with Gasteiger partial charge in [-0.05, 0) is 104 Å². The molecule has 0 aliphatic carbocycles. The van der Waals surface area contributed by atoms with E-state index in [1.165, 1.54) is 0 Å². The summed E-state index contributed by atoms with van der Waals surface area (Å²) >= 11 is 0. The molecule has 284 valence electrons. The molecule has 13 nitrogen and oxygen atoms in total. The predicted octanol–water partition coefficient (Wildman–Crippen LogP) is 6.12. The molecule has 1 amide bonds. The SMILES string of the molecule is C=CC[C@H]1C[C@@H](C)CN[C@H](C)[C@H]2N(CCCCN=[N+]=[N-])C(=O)O[C@]2(C)[C@@H](CC)OC(=O)C(C)C(=O)[C@H](C)[C@H]1O[C@@H]1O[C@H](C)CC(N(C)C)[C@H]1C. The first kappa shape index (κ1) is 41.7. The predicted molar refractivity (Wildman–Crippen MR) is 192 cm³/mol. The maximum absolute atomic E-state index is 14.3. The second-order valence-electron chi connectivity index (χ2n) is 15.5. The van der Waals surface area contributed by atoms with Gasteiger partial charge in [-0.3, -0.25) is 14.5 Å². The molecule has 3 aliphatic heterocycles. The maximum atomic E-state index is 14.3. The number of ketones is 1. The molecule has 3 heterocycles. The Balaban J connectivity index is 2.00. The maximum Gasteiger partial charge on any atom is 0.410 e. The second-order valence-corrected chi connectivity index (χ2v) is 15.5. The van der Waals surface area contributed by atoms with Gasteiger partial charge in [0.2, 0.25) is 0 Å². The van der Waals surface area contributed by atoms with Crippen LogP contribution in [0.3, 0.4) is 0 Å². The average Bonchev–Trinajstić information content (AvgIpc) is 3.33. The van der Waals surface area contributed by atoms with Crippen molar-refractivity contribution in [1.29, 1.82) is 0 Å². The van der Waals surface area contributed by atoms with E-state index in [0.29, 0.717) is 45.3 Å². The molecule has 0 aromatic rings. The van der Waals surface area contributed by atoms with Crippen molar-refractivity contribution in [2.45, 2.75) is 142 Å². The summed E-state index contributed by atoms with van der Waals surface area (Å²) in [6.07, 6.45) is 3.40. The highest BCUT2D eigenvalue weighted by molar-refractivity contribution is 6.00. The van der Waals surface area contributed by atoms with E-state index in [9.17, 15) is 14.4 Å². The van der Waals surface area contributed by atoms with Gasteiger partial charge in [-0.15, -0.1) is 6.58 Å². The average molecular weight is 705 g/mol. The Morgan fingerprint density at radius 1 is 1.14 bits per heavy atom. The summed E-state index contributed by atoms with van der Waals surface area (Å²) in [6.45, 7) is 21.0. The standard InChI is InChI=1S/C37H64N6O7/c1-12-16-28-19-22(3)21-39-27(8)33-37(9,50-36(46)43(33)18-15-14-17-40-41-38)30(13-2)48-34(45)26(7)31(44)25(6)32(28)49-35-24(5)29(42(10)11)20-23(4)47-35/h12,22-30,32-33,35,39H,1,13-21H2,2-11H3/t22-,23-,24-,25+,26?,27-,28+,29?,30-,32-,33-,35+,37-/m1/s1. The number of ether oxygens (including phenoxy) is 4. The molecule has 3 rings (SSSR count). The van der Waals surface area contributed by atoms with Crippen LogP contribution in [-0.2, 0) is 28.5 Å². The van der Waals surface area contributed by atoms with Crippen LogP contribution in [0, 0.1) is 29.6 Å². The molecular weight excluding hydrogens is 640 g/mol. The van der Waals surface area contributed by atoms with Gasteiger partial charge in [-0.25, -0.2) is 4.79 Å². The molecule has 13 heteroatoms. The van der Waals surface area contributed by atoms with Gasteiger partial charge in [0.15, 0.2) is 17.7 Å². The van der Waals surface area contributed by atoms with E-state index >= 15 is 0 Å². The molecule has 13 atom stereocenters. The number of carbonyl (C=O) groups excluding carboxylic acids is 3. The van der Waals surface area contributed by atoms with Gasteiger partial charge in [-0.1, -0.05) is 38.9 Å². The molecule has 0 aromatic carbocycles. The van der Waals surface area contributed by atoms with E-state index < -0.39 is 54.0 Å². The summed E-state index contributed by atoms with van der Waals surface area (Å²) in [5, 5.41) is 7.31. The van der Waals surface area contributed by atoms with Crippen molar-refractivity contribution in [3.63, 3.8) is 0 Å². The largest absolute Gasteiger partial charge is 0.458 e. The van der Waals surface area contributed by atoms with Crippen LogP contribution in [0.15, 0.2) is 17.8 Å². The molecule has 1 N–H and O–H groups in total. The number of cyclic esters (lactones) is 1. The molecule has 0 radical (unpaired) electrons. The Morgan fingerprint density at radius 2 is 1.84 bits per heavy atom. The number of esters is 1. The van der Waals surface area contributed by atoms with Crippen molar-refractivity contribution in [3.05, 3.63) is 23.1 Å². The van der Waals surface area contributed by atoms with Crippen molar-refractivity contribution in [1.82, 2.24) is 15.1 Å². The smallest absolute Gasteiger partial charge is 0.410 e. The molecule has 2 unspecified atom stereocenters. The minimum atomic E-state index is -1.18. The minimum Gasteiger partial charge on any atom is -0.458 e. The molecule has 0 aromatic heterocycles. The summed E-state index contributed by atoms with van der Waals surface area (Å²) < 4.78 is 25.6. The van der Waals surface area contributed by atoms with Crippen LogP contribution in [-0.4, -0.2) is 110 Å². The molecule has 3 fully saturated rings. The number of fused-ring (bicyclic) bond motifs is 1. The summed E-state index contributed by atoms with van der Waals surface area (Å²) in [7, 11) is 4.14. The van der Waals surface area contributed by atoms with E-state index in [4.69, 9.17) is 24.5 Å². The Bertz CT molecular complexity index is 1210. The van der Waals surface area contributed by atoms with Gasteiger partial charge in [-0.2, -0.15) is 0 Å². The first-order valence-electron chi connectivity index (χ1n) is 18.7. The summed E-state index contributed by atoms with van der Waals surface area (Å²) in [5.41, 5.74) is 7.48. The van der Waals surface area contributed by atoms with Gasteiger partial charge >= 0.3 is 12.1 Å². The van der Waals surface area contributed by atoms with Crippen molar-refractivity contribution in [2.75, 3.05) is 33.7 Å². The van der Waals surface area contributed by atoms with Crippen molar-refractivity contribution in [3.8, 4) is 0 Å². The fourth-order valence-electron chi connectivity index (χ4n) is 8.46. The van der Waals surface area contributed by atoms with Gasteiger partial charge < -0.3 is 29.2 Å². The van der Waals surface area contributed by atoms with Crippen LogP contribution in [0.5, 0.6) is 0 Å². The van der Waals surface area contributed by atoms with Crippen molar-refractivity contribution < 1.29 is 33.3 Å². The van der Waals surface area contributed by atoms with Crippen LogP contribution in [0.1, 0.15) is 93.9 Å². The van der Waals surface area contributed by atoms with Crippen LogP contribution < -0.4 is 5.32 Å². The highest BCUT2D eigenvalue weighted by atomic mass is 16.7. The lowest BCUT2D eigenvalue weighted by Crippen LogP contribution is -2.60. The van der Waals surface area contributed by atoms with Crippen LogP contribution in [0.2, 0.25) is 0 Å². The van der Waals surface area contributed by atoms with Crippen LogP contribution in [0.4, 0.5) is 4.79 Å². The number of azide groups is 1. The number of rotatable bonds is 11. The Kier molecular flexibility index (Phi) is 15.6. The molecular formula is C37H64N6O7. The monoisotopic (exact) mass is 704 g/mol. The molecule has 0 bridgehead atoms. The number of nitrogens with zero attached hydrogens (tertiary/aromatic N) is 5. The fraction of sp³-hybridized carbons (Fsp3) is 0.865. The van der Waals surface area contributed by atoms with Crippen molar-refractivity contribution >= 4 is 17.8 Å². The third kappa shape index (κ3) is 9.79. The second kappa shape index (κ2) is 18.7. The van der Waals surface area contributed by atoms with E-state index in [1.54, 1.807) is 11.8 Å². The van der Waals surface area contributed by atoms with E-state index in [2.05, 4.69) is 61.7 Å². The first-order chi connectivity index (χ1) is 23.6. The summed E-state index contributed by atoms with van der Waals surface area (Å²) in [4.78, 5) is 48.3. The lowest BCUT2D eigenvalue weighted by Gasteiger charge is -2.45. The Hall–Kier alpha value is -2.70. The van der Waals surface area contributed by atoms with Gasteiger partial charge in [0.1, 0.15) is 12.0 Å². The number of allylic oxidation sites excluding steroid dienone is 1. The number of hydrogen-bond acceptors (Lipinski definition) is 10. The number of nitrogens with one attached hydrogen (secondary N) is 1. The third-order valence-corrected chi connectivity index (χ3v) is 11.3. The van der Waals surface area contributed by atoms with Gasteiger partial charge in [0, 0.05) is 41.9 Å². The van der Waals surface area contributed by atoms with Crippen LogP contribution in [0.25, 0.3) is 10.4 Å². The zero-order chi connectivity index (χ0) is 37.3. The highest BCUT2D eigenvalue weighted by Gasteiger charge is 2.58. The van der Waals surface area contributed by atoms with E-state index in [1.807, 2.05) is 33.8 Å². The zero-order valence-corrected chi connectivity index (χ0v) is 32.2. The number of carbonyl (C=O) groups is 3. The van der Waals surface area contributed by atoms with Crippen LogP contribution >= 0.6 is 0 Å². The Labute approximate surface area is 299 Å². The van der Waals surface area contributed by atoms with Gasteiger partial charge in [0.25, 0.3) is 0 Å². The van der Waals surface area contributed by atoms with Crippen molar-refractivity contribution in [2.24, 2.45) is 34.7 Å². The number of Topliss-reactive ketones (excluding diaryl/α,β-unsaturated/α-hetero) is 1. The quantitative estimate of drug-likeness (QED) is 0.0510. The summed E-state index contributed by atoms with van der Waals surface area (Å²) in [5.74, 6) is -2.46. The number of hydrogen-bond donors (Lipinski definition) is 1. The fourth-order valence-corrected chi connectivity index (χ4v) is 8.46.